The molecule has 1 saturated heterocycles. The van der Waals surface area contributed by atoms with Crippen LogP contribution in [0.1, 0.15) is 45.3 Å². The van der Waals surface area contributed by atoms with E-state index in [2.05, 4.69) is 19.9 Å². The first kappa shape index (κ1) is 19.1. The van der Waals surface area contributed by atoms with Gasteiger partial charge in [-0.2, -0.15) is 0 Å². The van der Waals surface area contributed by atoms with Crippen LogP contribution in [0, 0.1) is 11.3 Å². The maximum absolute atomic E-state index is 10.7. The third-order valence-electron chi connectivity index (χ3n) is 5.96. The zero-order chi connectivity index (χ0) is 19.1. The predicted octanol–water partition coefficient (Wildman–Crippen LogP) is 3.90. The van der Waals surface area contributed by atoms with Crippen molar-refractivity contribution in [2.45, 2.75) is 51.9 Å². The van der Waals surface area contributed by atoms with Gasteiger partial charge in [-0.15, -0.1) is 0 Å². The third kappa shape index (κ3) is 3.19. The van der Waals surface area contributed by atoms with Gasteiger partial charge in [0.05, 0.1) is 33.5 Å². The van der Waals surface area contributed by atoms with E-state index in [1.165, 1.54) is 0 Å². The average Bonchev–Trinajstić information content (AvgIpc) is 2.62. The van der Waals surface area contributed by atoms with Gasteiger partial charge in [0.2, 0.25) is 5.75 Å². The Balaban J connectivity index is 1.99. The molecule has 3 rings (SSSR count). The zero-order valence-corrected chi connectivity index (χ0v) is 16.5. The Morgan fingerprint density at radius 2 is 1.69 bits per heavy atom. The van der Waals surface area contributed by atoms with Gasteiger partial charge in [0, 0.05) is 0 Å². The van der Waals surface area contributed by atoms with E-state index in [0.717, 1.165) is 24.0 Å². The largest absolute Gasteiger partial charge is 0.493 e. The lowest BCUT2D eigenvalue weighted by Crippen LogP contribution is -2.50. The van der Waals surface area contributed by atoms with Crippen LogP contribution in [-0.4, -0.2) is 38.6 Å². The van der Waals surface area contributed by atoms with Gasteiger partial charge in [0.25, 0.3) is 0 Å². The molecule has 1 fully saturated rings. The van der Waals surface area contributed by atoms with Crippen LogP contribution in [0.3, 0.4) is 0 Å². The summed E-state index contributed by atoms with van der Waals surface area (Å²) in [4.78, 5) is 0. The van der Waals surface area contributed by atoms with Crippen LogP contribution in [-0.2, 0) is 4.74 Å². The minimum Gasteiger partial charge on any atom is -0.493 e. The summed E-state index contributed by atoms with van der Waals surface area (Å²) in [7, 11) is 4.82. The highest BCUT2D eigenvalue weighted by molar-refractivity contribution is 5.54. The fourth-order valence-corrected chi connectivity index (χ4v) is 4.33. The monoisotopic (exact) mass is 362 g/mol. The Kier molecular flexibility index (Phi) is 5.22. The molecule has 0 unspecified atom stereocenters. The first-order valence-corrected chi connectivity index (χ1v) is 9.12. The van der Waals surface area contributed by atoms with E-state index in [9.17, 15) is 5.11 Å². The number of benzene rings is 1. The Hall–Kier alpha value is -1.72. The Bertz CT molecular complexity index is 669. The number of hydrogen-bond acceptors (Lipinski definition) is 5. The predicted molar refractivity (Wildman–Crippen MR) is 100.0 cm³/mol. The van der Waals surface area contributed by atoms with Gasteiger partial charge in [-0.05, 0) is 54.4 Å². The summed E-state index contributed by atoms with van der Waals surface area (Å²) < 4.78 is 22.8. The van der Waals surface area contributed by atoms with Crippen molar-refractivity contribution >= 4 is 0 Å². The summed E-state index contributed by atoms with van der Waals surface area (Å²) in [5.74, 6) is 2.11. The SMILES string of the molecule is COc1cc([C@@H]2CC(C)(C)[C@@H]3CC=C(C)[C@@H](O)[C@@H]3O2)cc(OC)c1OC. The summed E-state index contributed by atoms with van der Waals surface area (Å²) in [6, 6.07) is 3.89. The normalized spacial score (nSPS) is 30.2. The number of fused-ring (bicyclic) bond motifs is 1. The maximum atomic E-state index is 10.7. The van der Waals surface area contributed by atoms with Gasteiger partial charge >= 0.3 is 0 Å². The topological polar surface area (TPSA) is 57.2 Å². The number of allylic oxidation sites excluding steroid dienone is 1. The summed E-state index contributed by atoms with van der Waals surface area (Å²) in [6.07, 6.45) is 3.07. The van der Waals surface area contributed by atoms with E-state index in [-0.39, 0.29) is 17.6 Å². The highest BCUT2D eigenvalue weighted by atomic mass is 16.5. The minimum atomic E-state index is -0.558. The summed E-state index contributed by atoms with van der Waals surface area (Å²) in [5.41, 5.74) is 2.02. The molecule has 144 valence electrons. The summed E-state index contributed by atoms with van der Waals surface area (Å²) in [6.45, 7) is 6.50. The quantitative estimate of drug-likeness (QED) is 0.824. The molecule has 5 nitrogen and oxygen atoms in total. The Morgan fingerprint density at radius 1 is 1.08 bits per heavy atom. The van der Waals surface area contributed by atoms with E-state index in [4.69, 9.17) is 18.9 Å². The summed E-state index contributed by atoms with van der Waals surface area (Å²) >= 11 is 0. The smallest absolute Gasteiger partial charge is 0.203 e. The van der Waals surface area contributed by atoms with Gasteiger partial charge < -0.3 is 24.1 Å². The lowest BCUT2D eigenvalue weighted by Gasteiger charge is -2.50. The third-order valence-corrected chi connectivity index (χ3v) is 5.96. The van der Waals surface area contributed by atoms with Gasteiger partial charge in [-0.3, -0.25) is 0 Å². The van der Waals surface area contributed by atoms with Crippen LogP contribution in [0.25, 0.3) is 0 Å². The van der Waals surface area contributed by atoms with Crippen molar-refractivity contribution < 1.29 is 24.1 Å². The number of hydrogen-bond donors (Lipinski definition) is 1. The molecule has 2 aliphatic rings. The fourth-order valence-electron chi connectivity index (χ4n) is 4.33. The Labute approximate surface area is 155 Å². The summed E-state index contributed by atoms with van der Waals surface area (Å²) in [5, 5.41) is 10.7. The molecule has 4 atom stereocenters. The average molecular weight is 362 g/mol. The highest BCUT2D eigenvalue weighted by Crippen LogP contribution is 2.52. The number of rotatable bonds is 4. The molecule has 5 heteroatoms. The lowest BCUT2D eigenvalue weighted by molar-refractivity contribution is -0.174. The van der Waals surface area contributed by atoms with E-state index in [0.29, 0.717) is 23.2 Å². The number of methoxy groups -OCH3 is 3. The van der Waals surface area contributed by atoms with Gasteiger partial charge in [-0.1, -0.05) is 19.9 Å². The molecule has 0 aromatic heterocycles. The van der Waals surface area contributed by atoms with Crippen molar-refractivity contribution in [1.29, 1.82) is 0 Å². The molecule has 0 radical (unpaired) electrons. The van der Waals surface area contributed by atoms with Crippen molar-refractivity contribution in [2.24, 2.45) is 11.3 Å². The highest BCUT2D eigenvalue weighted by Gasteiger charge is 2.48. The van der Waals surface area contributed by atoms with Crippen LogP contribution in [0.15, 0.2) is 23.8 Å². The van der Waals surface area contributed by atoms with Gasteiger partial charge in [0.15, 0.2) is 11.5 Å². The molecule has 1 aromatic rings. The first-order chi connectivity index (χ1) is 12.3. The molecule has 1 aliphatic heterocycles. The molecule has 1 heterocycles. The molecule has 1 N–H and O–H groups in total. The van der Waals surface area contributed by atoms with Gasteiger partial charge in [0.1, 0.15) is 6.10 Å². The Morgan fingerprint density at radius 3 is 2.23 bits per heavy atom. The van der Waals surface area contributed by atoms with E-state index >= 15 is 0 Å². The van der Waals surface area contributed by atoms with Crippen LogP contribution < -0.4 is 14.2 Å². The van der Waals surface area contributed by atoms with Crippen molar-refractivity contribution in [1.82, 2.24) is 0 Å². The lowest BCUT2D eigenvalue weighted by atomic mass is 9.64. The second-order valence-electron chi connectivity index (χ2n) is 7.98. The molecule has 0 amide bonds. The molecular weight excluding hydrogens is 332 g/mol. The maximum Gasteiger partial charge on any atom is 0.203 e. The molecule has 0 spiro atoms. The number of aliphatic hydroxyl groups excluding tert-OH is 1. The van der Waals surface area contributed by atoms with Crippen LogP contribution in [0.4, 0.5) is 0 Å². The fraction of sp³-hybridized carbons (Fsp3) is 0.619. The van der Waals surface area contributed by atoms with Gasteiger partial charge in [-0.25, -0.2) is 0 Å². The number of ether oxygens (including phenoxy) is 4. The molecule has 26 heavy (non-hydrogen) atoms. The van der Waals surface area contributed by atoms with Crippen molar-refractivity contribution in [2.75, 3.05) is 21.3 Å². The molecule has 0 bridgehead atoms. The molecule has 1 aliphatic carbocycles. The van der Waals surface area contributed by atoms with Crippen molar-refractivity contribution in [3.8, 4) is 17.2 Å². The van der Waals surface area contributed by atoms with Crippen molar-refractivity contribution in [3.05, 3.63) is 29.3 Å². The van der Waals surface area contributed by atoms with Crippen LogP contribution >= 0.6 is 0 Å². The van der Waals surface area contributed by atoms with E-state index in [1.54, 1.807) is 21.3 Å². The molecule has 0 saturated carbocycles. The second kappa shape index (κ2) is 7.12. The van der Waals surface area contributed by atoms with Crippen LogP contribution in [0.2, 0.25) is 0 Å². The standard InChI is InChI=1S/C21H30O5/c1-12-7-8-14-19(18(12)22)26-17(11-21(14,2)3)13-9-15(23-4)20(25-6)16(10-13)24-5/h7,9-10,14,17-19,22H,8,11H2,1-6H3/t14-,17+,18-,19-/m1/s1. The molecular formula is C21H30O5. The second-order valence-corrected chi connectivity index (χ2v) is 7.98. The van der Waals surface area contributed by atoms with E-state index in [1.807, 2.05) is 19.1 Å². The van der Waals surface area contributed by atoms with Crippen LogP contribution in [0.5, 0.6) is 17.2 Å². The minimum absolute atomic E-state index is 0.0478. The first-order valence-electron chi connectivity index (χ1n) is 9.12. The van der Waals surface area contributed by atoms with Crippen molar-refractivity contribution in [3.63, 3.8) is 0 Å². The van der Waals surface area contributed by atoms with E-state index < -0.39 is 6.10 Å². The zero-order valence-electron chi connectivity index (χ0n) is 16.5. The molecule has 1 aromatic carbocycles. The number of aliphatic hydroxyl groups is 1.